The molecule has 0 radical (unpaired) electrons. The zero-order valence-electron chi connectivity index (χ0n) is 19.5. The minimum Gasteiger partial charge on any atom is -0.491 e. The molecule has 182 valence electrons. The smallest absolute Gasteiger partial charge is 0.254 e. The molecule has 1 saturated heterocycles. The first-order valence-corrected chi connectivity index (χ1v) is 12.4. The van der Waals surface area contributed by atoms with Crippen molar-refractivity contribution in [3.63, 3.8) is 0 Å². The molecular weight excluding hydrogens is 447 g/mol. The Morgan fingerprint density at radius 2 is 2.06 bits per heavy atom. The van der Waals surface area contributed by atoms with Crippen LogP contribution in [0, 0.1) is 0 Å². The molecule has 0 bridgehead atoms. The van der Waals surface area contributed by atoms with E-state index in [9.17, 15) is 9.18 Å². The number of nitrogens with zero attached hydrogens (tertiary/aromatic N) is 3. The van der Waals surface area contributed by atoms with Crippen LogP contribution in [0.3, 0.4) is 0 Å². The van der Waals surface area contributed by atoms with Gasteiger partial charge in [-0.05, 0) is 56.0 Å². The summed E-state index contributed by atoms with van der Waals surface area (Å²) < 4.78 is 22.7. The molecule has 2 aromatic carbocycles. The summed E-state index contributed by atoms with van der Waals surface area (Å²) in [6, 6.07) is 7.88. The fraction of sp³-hybridized carbons (Fsp3) is 0.423. The quantitative estimate of drug-likeness (QED) is 0.385. The molecule has 8 nitrogen and oxygen atoms in total. The van der Waals surface area contributed by atoms with E-state index < -0.39 is 12.1 Å². The standard InChI is InChI=1S/C26H29FN6O2/c27-18-5-1-2-6-20(18)33-14-32-19-10-15(7-8-21(19)33)17-11-22(35-12-16-4-3-9-29-16)23(26(28)34)25-24(17)30-13-31-25/h7-8,10-11,13-14,16,18,20,29H,1-6,9,12H2,(H2,28,34)(H,30,31)/t16-,18-,20-/m1/s1. The topological polar surface area (TPSA) is 111 Å². The molecule has 1 saturated carbocycles. The third-order valence-electron chi connectivity index (χ3n) is 7.41. The zero-order chi connectivity index (χ0) is 23.9. The molecule has 1 amide bonds. The number of imidazole rings is 2. The highest BCUT2D eigenvalue weighted by Gasteiger charge is 2.28. The van der Waals surface area contributed by atoms with Gasteiger partial charge in [-0.25, -0.2) is 14.4 Å². The summed E-state index contributed by atoms with van der Waals surface area (Å²) in [5.41, 5.74) is 10.7. The van der Waals surface area contributed by atoms with E-state index >= 15 is 0 Å². The van der Waals surface area contributed by atoms with Crippen molar-refractivity contribution in [2.24, 2.45) is 5.73 Å². The number of aromatic amines is 1. The van der Waals surface area contributed by atoms with E-state index in [2.05, 4.69) is 20.3 Å². The highest BCUT2D eigenvalue weighted by Crippen LogP contribution is 2.38. The Kier molecular flexibility index (Phi) is 5.64. The number of carbonyl (C=O) groups excluding carboxylic acids is 1. The summed E-state index contributed by atoms with van der Waals surface area (Å²) in [4.78, 5) is 24.5. The van der Waals surface area contributed by atoms with Crippen LogP contribution in [0.4, 0.5) is 4.39 Å². The normalized spacial score (nSPS) is 22.7. The molecule has 3 atom stereocenters. The van der Waals surface area contributed by atoms with Crippen molar-refractivity contribution in [1.29, 1.82) is 0 Å². The van der Waals surface area contributed by atoms with Crippen molar-refractivity contribution in [2.45, 2.75) is 56.8 Å². The summed E-state index contributed by atoms with van der Waals surface area (Å²) in [6.45, 7) is 1.42. The highest BCUT2D eigenvalue weighted by molar-refractivity contribution is 6.10. The van der Waals surface area contributed by atoms with Crippen LogP contribution < -0.4 is 15.8 Å². The molecule has 35 heavy (non-hydrogen) atoms. The number of H-pyrrole nitrogens is 1. The lowest BCUT2D eigenvalue weighted by molar-refractivity contribution is 0.0997. The lowest BCUT2D eigenvalue weighted by Crippen LogP contribution is -2.28. The van der Waals surface area contributed by atoms with E-state index in [4.69, 9.17) is 10.5 Å². The largest absolute Gasteiger partial charge is 0.491 e. The Morgan fingerprint density at radius 1 is 1.17 bits per heavy atom. The van der Waals surface area contributed by atoms with Crippen LogP contribution in [-0.2, 0) is 0 Å². The zero-order valence-corrected chi connectivity index (χ0v) is 19.5. The molecule has 9 heteroatoms. The third-order valence-corrected chi connectivity index (χ3v) is 7.41. The number of alkyl halides is 1. The van der Waals surface area contributed by atoms with Gasteiger partial charge in [-0.15, -0.1) is 0 Å². The van der Waals surface area contributed by atoms with Gasteiger partial charge in [-0.1, -0.05) is 18.9 Å². The van der Waals surface area contributed by atoms with E-state index in [0.29, 0.717) is 35.4 Å². The Labute approximate surface area is 202 Å². The highest BCUT2D eigenvalue weighted by atomic mass is 19.1. The number of nitrogens with two attached hydrogens (primary N) is 1. The van der Waals surface area contributed by atoms with Crippen LogP contribution in [0.25, 0.3) is 33.2 Å². The van der Waals surface area contributed by atoms with E-state index in [1.54, 1.807) is 12.7 Å². The van der Waals surface area contributed by atoms with Gasteiger partial charge in [0, 0.05) is 11.6 Å². The second-order valence-electron chi connectivity index (χ2n) is 9.62. The predicted molar refractivity (Wildman–Crippen MR) is 132 cm³/mol. The number of fused-ring (bicyclic) bond motifs is 2. The van der Waals surface area contributed by atoms with Crippen LogP contribution in [0.2, 0.25) is 0 Å². The van der Waals surface area contributed by atoms with Crippen LogP contribution in [0.15, 0.2) is 36.9 Å². The summed E-state index contributed by atoms with van der Waals surface area (Å²) in [5, 5.41) is 3.41. The van der Waals surface area contributed by atoms with Crippen molar-refractivity contribution < 1.29 is 13.9 Å². The van der Waals surface area contributed by atoms with Gasteiger partial charge in [0.25, 0.3) is 5.91 Å². The molecule has 0 spiro atoms. The molecule has 4 N–H and O–H groups in total. The Bertz CT molecular complexity index is 1390. The van der Waals surface area contributed by atoms with Crippen molar-refractivity contribution >= 4 is 28.0 Å². The maximum absolute atomic E-state index is 14.6. The van der Waals surface area contributed by atoms with Crippen LogP contribution >= 0.6 is 0 Å². The summed E-state index contributed by atoms with van der Waals surface area (Å²) in [5.74, 6) is -0.131. The van der Waals surface area contributed by atoms with Gasteiger partial charge in [0.05, 0.1) is 40.8 Å². The van der Waals surface area contributed by atoms with Gasteiger partial charge < -0.3 is 25.3 Å². The molecule has 2 fully saturated rings. The second-order valence-corrected chi connectivity index (χ2v) is 9.62. The van der Waals surface area contributed by atoms with Crippen LogP contribution in [0.1, 0.15) is 54.9 Å². The van der Waals surface area contributed by atoms with Crippen molar-refractivity contribution in [1.82, 2.24) is 24.8 Å². The lowest BCUT2D eigenvalue weighted by Gasteiger charge is -2.27. The third kappa shape index (κ3) is 3.93. The first kappa shape index (κ1) is 22.0. The average molecular weight is 477 g/mol. The molecule has 4 aromatic rings. The van der Waals surface area contributed by atoms with Crippen molar-refractivity contribution in [2.75, 3.05) is 13.2 Å². The number of rotatable bonds is 6. The second kappa shape index (κ2) is 8.96. The van der Waals surface area contributed by atoms with E-state index in [1.807, 2.05) is 28.8 Å². The number of halogens is 1. The number of hydrogen-bond donors (Lipinski definition) is 3. The van der Waals surface area contributed by atoms with Crippen molar-refractivity contribution in [3.8, 4) is 16.9 Å². The number of carbonyl (C=O) groups is 1. The first-order chi connectivity index (χ1) is 17.1. The van der Waals surface area contributed by atoms with Crippen LogP contribution in [0.5, 0.6) is 5.75 Å². The number of nitrogens with one attached hydrogen (secondary N) is 2. The molecule has 6 rings (SSSR count). The number of hydrogen-bond acceptors (Lipinski definition) is 5. The summed E-state index contributed by atoms with van der Waals surface area (Å²) >= 11 is 0. The Morgan fingerprint density at radius 3 is 2.86 bits per heavy atom. The van der Waals surface area contributed by atoms with Gasteiger partial charge in [-0.2, -0.15) is 0 Å². The Balaban J connectivity index is 1.41. The molecule has 3 heterocycles. The molecule has 2 aliphatic rings. The molecule has 1 aliphatic heterocycles. The van der Waals surface area contributed by atoms with E-state index in [1.165, 1.54) is 0 Å². The minimum absolute atomic E-state index is 0.170. The molecule has 2 aromatic heterocycles. The van der Waals surface area contributed by atoms with Gasteiger partial charge in [0.2, 0.25) is 0 Å². The van der Waals surface area contributed by atoms with Gasteiger partial charge in [-0.3, -0.25) is 4.79 Å². The Hall–Kier alpha value is -3.46. The maximum Gasteiger partial charge on any atom is 0.254 e. The van der Waals surface area contributed by atoms with Gasteiger partial charge in [0.15, 0.2) is 0 Å². The minimum atomic E-state index is -0.847. The molecule has 0 unspecified atom stereocenters. The lowest BCUT2D eigenvalue weighted by atomic mass is 9.93. The average Bonchev–Trinajstić information content (AvgIpc) is 3.62. The van der Waals surface area contributed by atoms with E-state index in [0.717, 1.165) is 60.8 Å². The monoisotopic (exact) mass is 476 g/mol. The molecule has 1 aliphatic carbocycles. The maximum atomic E-state index is 14.6. The predicted octanol–water partition coefficient (Wildman–Crippen LogP) is 4.26. The number of aromatic nitrogens is 4. The van der Waals surface area contributed by atoms with Crippen LogP contribution in [-0.4, -0.2) is 50.8 Å². The van der Waals surface area contributed by atoms with E-state index in [-0.39, 0.29) is 12.1 Å². The van der Waals surface area contributed by atoms with Gasteiger partial charge >= 0.3 is 0 Å². The fourth-order valence-electron chi connectivity index (χ4n) is 5.59. The summed E-state index contributed by atoms with van der Waals surface area (Å²) in [7, 11) is 0. The first-order valence-electron chi connectivity index (χ1n) is 12.4. The molecular formula is C26H29FN6O2. The number of benzene rings is 2. The van der Waals surface area contributed by atoms with Gasteiger partial charge in [0.1, 0.15) is 24.1 Å². The van der Waals surface area contributed by atoms with Crippen molar-refractivity contribution in [3.05, 3.63) is 42.5 Å². The fourth-order valence-corrected chi connectivity index (χ4v) is 5.59. The SMILES string of the molecule is NC(=O)c1c(OC[C@H]2CCCN2)cc(-c2ccc3c(c2)ncn3[C@@H]2CCCC[C@H]2F)c2nc[nH]c12. The number of amides is 1. The number of ether oxygens (including phenoxy) is 1. The summed E-state index contributed by atoms with van der Waals surface area (Å²) in [6.07, 6.45) is 8.00. The number of primary amides is 1.